The average molecular weight is 256 g/mol. The van der Waals surface area contributed by atoms with Crippen LogP contribution in [0.15, 0.2) is 0 Å². The molecule has 94 valence electrons. The van der Waals surface area contributed by atoms with E-state index in [-0.39, 0.29) is 12.4 Å². The summed E-state index contributed by atoms with van der Waals surface area (Å²) in [5.74, 6) is 0. The molecule has 0 atom stereocenters. The molecule has 0 aromatic carbocycles. The Morgan fingerprint density at radius 3 is 1.53 bits per heavy atom. The van der Waals surface area contributed by atoms with Crippen LogP contribution >= 0.6 is 11.6 Å². The maximum Gasteiger partial charge on any atom is 0.154 e. The van der Waals surface area contributed by atoms with Gasteiger partial charge in [-0.05, 0) is 25.7 Å². The molecule has 15 heavy (non-hydrogen) atoms. The van der Waals surface area contributed by atoms with Gasteiger partial charge in [0.25, 0.3) is 0 Å². The standard InChI is InChI=1S/C12H27ClN.ClH/c1-4-6-8-10-14(3,12-13)11-9-7-5-2;/h4-12H2,1-3H3;1H/q+1;/p-1. The fourth-order valence-electron chi connectivity index (χ4n) is 1.72. The number of unbranched alkanes of at least 4 members (excludes halogenated alkanes) is 4. The minimum atomic E-state index is 0. The molecule has 3 heteroatoms. The number of hydrogen-bond acceptors (Lipinski definition) is 0. The van der Waals surface area contributed by atoms with Gasteiger partial charge >= 0.3 is 0 Å². The van der Waals surface area contributed by atoms with Crippen molar-refractivity contribution in [1.82, 2.24) is 0 Å². The van der Waals surface area contributed by atoms with Crippen molar-refractivity contribution in [3.05, 3.63) is 0 Å². The van der Waals surface area contributed by atoms with Gasteiger partial charge in [0.15, 0.2) is 6.00 Å². The van der Waals surface area contributed by atoms with Gasteiger partial charge in [-0.1, -0.05) is 38.3 Å². The maximum absolute atomic E-state index is 6.04. The highest BCUT2D eigenvalue weighted by Crippen LogP contribution is 2.11. The van der Waals surface area contributed by atoms with Crippen LogP contribution in [0.4, 0.5) is 0 Å². The van der Waals surface area contributed by atoms with E-state index in [9.17, 15) is 0 Å². The first-order valence-corrected chi connectivity index (χ1v) is 6.61. The number of halogens is 2. The van der Waals surface area contributed by atoms with Crippen molar-refractivity contribution in [2.24, 2.45) is 0 Å². The monoisotopic (exact) mass is 255 g/mol. The molecule has 0 saturated carbocycles. The smallest absolute Gasteiger partial charge is 0.154 e. The minimum absolute atomic E-state index is 0. The zero-order valence-corrected chi connectivity index (χ0v) is 12.1. The average Bonchev–Trinajstić information content (AvgIpc) is 2.19. The summed E-state index contributed by atoms with van der Waals surface area (Å²) >= 11 is 6.04. The molecule has 0 bridgehead atoms. The molecular formula is C12H27Cl2N. The first kappa shape index (κ1) is 17.9. The van der Waals surface area contributed by atoms with Crippen molar-refractivity contribution in [3.63, 3.8) is 0 Å². The fraction of sp³-hybridized carbons (Fsp3) is 1.00. The molecule has 0 spiro atoms. The lowest BCUT2D eigenvalue weighted by Crippen LogP contribution is -3.00. The van der Waals surface area contributed by atoms with Crippen molar-refractivity contribution in [1.29, 1.82) is 0 Å². The Morgan fingerprint density at radius 1 is 0.867 bits per heavy atom. The predicted octanol–water partition coefficient (Wildman–Crippen LogP) is 1.01. The molecule has 0 aromatic heterocycles. The highest BCUT2D eigenvalue weighted by Gasteiger charge is 2.18. The summed E-state index contributed by atoms with van der Waals surface area (Å²) in [6.45, 7) is 7.01. The molecule has 0 radical (unpaired) electrons. The van der Waals surface area contributed by atoms with E-state index < -0.39 is 0 Å². The van der Waals surface area contributed by atoms with E-state index in [1.54, 1.807) is 0 Å². The molecule has 0 rings (SSSR count). The highest BCUT2D eigenvalue weighted by atomic mass is 35.5. The van der Waals surface area contributed by atoms with Gasteiger partial charge in [0.05, 0.1) is 20.1 Å². The first-order chi connectivity index (χ1) is 6.68. The van der Waals surface area contributed by atoms with Crippen LogP contribution in [0.2, 0.25) is 0 Å². The lowest BCUT2D eigenvalue weighted by molar-refractivity contribution is -0.899. The zero-order chi connectivity index (χ0) is 10.9. The largest absolute Gasteiger partial charge is 1.00 e. The summed E-state index contributed by atoms with van der Waals surface area (Å²) in [7, 11) is 2.29. The lowest BCUT2D eigenvalue weighted by Gasteiger charge is -2.32. The van der Waals surface area contributed by atoms with Gasteiger partial charge in [-0.2, -0.15) is 0 Å². The fourth-order valence-corrected chi connectivity index (χ4v) is 1.96. The second-order valence-electron chi connectivity index (χ2n) is 4.60. The van der Waals surface area contributed by atoms with E-state index in [1.807, 2.05) is 0 Å². The molecule has 1 nitrogen and oxygen atoms in total. The third-order valence-electron chi connectivity index (χ3n) is 2.89. The van der Waals surface area contributed by atoms with Gasteiger partial charge in [-0.15, -0.1) is 0 Å². The van der Waals surface area contributed by atoms with Crippen molar-refractivity contribution >= 4 is 11.6 Å². The van der Waals surface area contributed by atoms with Crippen molar-refractivity contribution < 1.29 is 16.9 Å². The minimum Gasteiger partial charge on any atom is -1.00 e. The van der Waals surface area contributed by atoms with Crippen LogP contribution in [0.1, 0.15) is 52.4 Å². The van der Waals surface area contributed by atoms with Crippen LogP contribution in [0.3, 0.4) is 0 Å². The summed E-state index contributed by atoms with van der Waals surface area (Å²) in [5.41, 5.74) is 0. The van der Waals surface area contributed by atoms with Crippen LogP contribution in [0.25, 0.3) is 0 Å². The Kier molecular flexibility index (Phi) is 13.2. The third-order valence-corrected chi connectivity index (χ3v) is 3.47. The van der Waals surface area contributed by atoms with E-state index in [0.29, 0.717) is 0 Å². The first-order valence-electron chi connectivity index (χ1n) is 6.08. The number of rotatable bonds is 9. The number of nitrogens with zero attached hydrogens (tertiary/aromatic N) is 1. The van der Waals surface area contributed by atoms with Gasteiger partial charge in [0.2, 0.25) is 0 Å². The van der Waals surface area contributed by atoms with Gasteiger partial charge in [-0.25, -0.2) is 0 Å². The van der Waals surface area contributed by atoms with Crippen LogP contribution in [0, 0.1) is 0 Å². The normalized spacial score (nSPS) is 11.2. The summed E-state index contributed by atoms with van der Waals surface area (Å²) in [6.07, 6.45) is 7.95. The quantitative estimate of drug-likeness (QED) is 0.250. The third kappa shape index (κ3) is 9.47. The zero-order valence-electron chi connectivity index (χ0n) is 10.6. The number of quaternary nitrogens is 1. The van der Waals surface area contributed by atoms with E-state index in [2.05, 4.69) is 20.9 Å². The Hall–Kier alpha value is 0.540. The highest BCUT2D eigenvalue weighted by molar-refractivity contribution is 6.16. The molecule has 0 aromatic rings. The summed E-state index contributed by atoms with van der Waals surface area (Å²) < 4.78 is 1.06. The summed E-state index contributed by atoms with van der Waals surface area (Å²) in [4.78, 5) is 0. The van der Waals surface area contributed by atoms with Crippen molar-refractivity contribution in [2.75, 3.05) is 26.1 Å². The van der Waals surface area contributed by atoms with E-state index in [4.69, 9.17) is 11.6 Å². The Morgan fingerprint density at radius 2 is 1.27 bits per heavy atom. The molecule has 0 aliphatic rings. The molecule has 0 aliphatic heterocycles. The molecular weight excluding hydrogens is 229 g/mol. The van der Waals surface area contributed by atoms with E-state index in [0.717, 1.165) is 10.5 Å². The summed E-state index contributed by atoms with van der Waals surface area (Å²) in [6, 6.07) is 0.771. The van der Waals surface area contributed by atoms with E-state index in [1.165, 1.54) is 51.6 Å². The molecule has 0 N–H and O–H groups in total. The Bertz CT molecular complexity index is 119. The van der Waals surface area contributed by atoms with Gasteiger partial charge in [0, 0.05) is 0 Å². The molecule has 0 fully saturated rings. The van der Waals surface area contributed by atoms with Crippen LogP contribution < -0.4 is 12.4 Å². The van der Waals surface area contributed by atoms with Crippen LogP contribution in [0.5, 0.6) is 0 Å². The molecule has 0 aliphatic carbocycles. The molecule has 0 heterocycles. The van der Waals surface area contributed by atoms with Gasteiger partial charge in [-0.3, -0.25) is 0 Å². The predicted molar refractivity (Wildman–Crippen MR) is 65.7 cm³/mol. The van der Waals surface area contributed by atoms with Crippen molar-refractivity contribution in [3.8, 4) is 0 Å². The van der Waals surface area contributed by atoms with E-state index >= 15 is 0 Å². The van der Waals surface area contributed by atoms with Crippen molar-refractivity contribution in [2.45, 2.75) is 52.4 Å². The second-order valence-corrected chi connectivity index (χ2v) is 4.84. The maximum atomic E-state index is 6.04. The molecule has 0 amide bonds. The van der Waals surface area contributed by atoms with Gasteiger partial charge < -0.3 is 16.9 Å². The summed E-state index contributed by atoms with van der Waals surface area (Å²) in [5, 5.41) is 0. The Balaban J connectivity index is 0. The number of alkyl halides is 1. The van der Waals surface area contributed by atoms with Crippen LogP contribution in [-0.4, -0.2) is 30.6 Å². The second kappa shape index (κ2) is 11.0. The SMILES string of the molecule is CCCCC[N+](C)(CCl)CCCCC.[Cl-]. The molecule has 0 saturated heterocycles. The Labute approximate surface area is 107 Å². The van der Waals surface area contributed by atoms with Crippen LogP contribution in [-0.2, 0) is 0 Å². The van der Waals surface area contributed by atoms with Gasteiger partial charge in [0.1, 0.15) is 0 Å². The number of hydrogen-bond donors (Lipinski definition) is 0. The lowest BCUT2D eigenvalue weighted by atomic mass is 10.2. The topological polar surface area (TPSA) is 0 Å². The molecule has 0 unspecified atom stereocenters.